The molecule has 154 valence electrons. The SMILES string of the molecule is CC(C)(C)OC(=O)N(CCOc1ncc(Br)cc1NS(C)(=O)=O)CC(F)F. The van der Waals surface area contributed by atoms with Gasteiger partial charge in [0, 0.05) is 10.7 Å². The molecule has 1 heterocycles. The molecule has 0 aliphatic rings. The van der Waals surface area contributed by atoms with Crippen LogP contribution in [0.4, 0.5) is 19.3 Å². The molecule has 0 aliphatic carbocycles. The van der Waals surface area contributed by atoms with Crippen molar-refractivity contribution in [1.29, 1.82) is 0 Å². The van der Waals surface area contributed by atoms with E-state index >= 15 is 0 Å². The highest BCUT2D eigenvalue weighted by atomic mass is 79.9. The fraction of sp³-hybridized carbons (Fsp3) is 0.600. The number of aromatic nitrogens is 1. The van der Waals surface area contributed by atoms with E-state index in [4.69, 9.17) is 9.47 Å². The highest BCUT2D eigenvalue weighted by Gasteiger charge is 2.24. The van der Waals surface area contributed by atoms with Crippen LogP contribution in [-0.4, -0.2) is 62.4 Å². The lowest BCUT2D eigenvalue weighted by Gasteiger charge is -2.27. The van der Waals surface area contributed by atoms with Gasteiger partial charge in [-0.15, -0.1) is 0 Å². The number of alkyl halides is 2. The summed E-state index contributed by atoms with van der Waals surface area (Å²) >= 11 is 3.16. The van der Waals surface area contributed by atoms with Crippen LogP contribution < -0.4 is 9.46 Å². The zero-order valence-electron chi connectivity index (χ0n) is 15.3. The number of carbonyl (C=O) groups excluding carboxylic acids is 1. The van der Waals surface area contributed by atoms with E-state index < -0.39 is 34.7 Å². The number of sulfonamides is 1. The third-order valence-electron chi connectivity index (χ3n) is 2.72. The molecule has 1 aromatic rings. The normalized spacial score (nSPS) is 12.0. The monoisotopic (exact) mass is 473 g/mol. The van der Waals surface area contributed by atoms with Crippen LogP contribution in [0.15, 0.2) is 16.7 Å². The largest absolute Gasteiger partial charge is 0.474 e. The minimum Gasteiger partial charge on any atom is -0.474 e. The summed E-state index contributed by atoms with van der Waals surface area (Å²) in [4.78, 5) is 16.8. The molecule has 0 aliphatic heterocycles. The van der Waals surface area contributed by atoms with Gasteiger partial charge in [-0.3, -0.25) is 9.62 Å². The molecule has 0 unspecified atom stereocenters. The predicted octanol–water partition coefficient (Wildman–Crippen LogP) is 3.10. The van der Waals surface area contributed by atoms with Gasteiger partial charge in [-0.05, 0) is 42.8 Å². The minimum atomic E-state index is -3.58. The van der Waals surface area contributed by atoms with Gasteiger partial charge in [0.25, 0.3) is 6.43 Å². The number of rotatable bonds is 8. The maximum atomic E-state index is 12.7. The van der Waals surface area contributed by atoms with Crippen LogP contribution in [0.5, 0.6) is 5.88 Å². The number of amides is 1. The molecule has 27 heavy (non-hydrogen) atoms. The Balaban J connectivity index is 2.81. The van der Waals surface area contributed by atoms with Crippen molar-refractivity contribution in [2.75, 3.05) is 30.7 Å². The van der Waals surface area contributed by atoms with Crippen molar-refractivity contribution < 1.29 is 31.5 Å². The molecule has 0 saturated heterocycles. The zero-order chi connectivity index (χ0) is 20.8. The first kappa shape index (κ1) is 23.3. The maximum Gasteiger partial charge on any atom is 0.410 e. The van der Waals surface area contributed by atoms with Crippen LogP contribution in [0.2, 0.25) is 0 Å². The third kappa shape index (κ3) is 9.70. The number of pyridine rings is 1. The van der Waals surface area contributed by atoms with E-state index in [1.54, 1.807) is 20.8 Å². The molecule has 1 amide bonds. The summed E-state index contributed by atoms with van der Waals surface area (Å²) in [6.45, 7) is 3.65. The van der Waals surface area contributed by atoms with Gasteiger partial charge in [0.15, 0.2) is 0 Å². The van der Waals surface area contributed by atoms with E-state index in [1.165, 1.54) is 12.3 Å². The van der Waals surface area contributed by atoms with E-state index in [1.807, 2.05) is 0 Å². The van der Waals surface area contributed by atoms with Gasteiger partial charge in [0.2, 0.25) is 15.9 Å². The molecule has 0 spiro atoms. The standard InChI is InChI=1S/C15H22BrF2N3O5S/c1-15(2,3)26-14(22)21(9-12(17)18)5-6-25-13-11(20-27(4,23)24)7-10(16)8-19-13/h7-8,12,20H,5-6,9H2,1-4H3. The topological polar surface area (TPSA) is 97.8 Å². The van der Waals surface area contributed by atoms with E-state index in [9.17, 15) is 22.0 Å². The number of anilines is 1. The zero-order valence-corrected chi connectivity index (χ0v) is 17.7. The second-order valence-corrected chi connectivity index (χ2v) is 9.21. The van der Waals surface area contributed by atoms with Gasteiger partial charge < -0.3 is 9.47 Å². The summed E-state index contributed by atoms with van der Waals surface area (Å²) in [6.07, 6.45) is -1.30. The van der Waals surface area contributed by atoms with Gasteiger partial charge in [-0.2, -0.15) is 0 Å². The van der Waals surface area contributed by atoms with E-state index in [0.717, 1.165) is 11.2 Å². The van der Waals surface area contributed by atoms with E-state index in [-0.39, 0.29) is 24.7 Å². The summed E-state index contributed by atoms with van der Waals surface area (Å²) in [6, 6.07) is 1.44. The third-order valence-corrected chi connectivity index (χ3v) is 3.75. The van der Waals surface area contributed by atoms with Crippen LogP contribution in [0.25, 0.3) is 0 Å². The van der Waals surface area contributed by atoms with Crippen LogP contribution in [-0.2, 0) is 14.8 Å². The molecular formula is C15H22BrF2N3O5S. The highest BCUT2D eigenvalue weighted by molar-refractivity contribution is 9.10. The lowest BCUT2D eigenvalue weighted by Crippen LogP contribution is -2.41. The first-order valence-corrected chi connectivity index (χ1v) is 10.5. The molecule has 0 fully saturated rings. The summed E-state index contributed by atoms with van der Waals surface area (Å²) in [5.74, 6) is -0.0511. The summed E-state index contributed by atoms with van der Waals surface area (Å²) < 4.78 is 61.6. The van der Waals surface area contributed by atoms with Crippen molar-refractivity contribution >= 4 is 37.7 Å². The van der Waals surface area contributed by atoms with Crippen molar-refractivity contribution in [2.24, 2.45) is 0 Å². The molecule has 0 aromatic carbocycles. The van der Waals surface area contributed by atoms with Crippen molar-refractivity contribution in [3.63, 3.8) is 0 Å². The lowest BCUT2D eigenvalue weighted by molar-refractivity contribution is 0.00745. The lowest BCUT2D eigenvalue weighted by atomic mass is 10.2. The Morgan fingerprint density at radius 1 is 1.41 bits per heavy atom. The van der Waals surface area contributed by atoms with Crippen molar-refractivity contribution in [3.8, 4) is 5.88 Å². The quantitative estimate of drug-likeness (QED) is 0.622. The highest BCUT2D eigenvalue weighted by Crippen LogP contribution is 2.26. The Labute approximate surface area is 165 Å². The number of carbonyl (C=O) groups is 1. The van der Waals surface area contributed by atoms with Crippen molar-refractivity contribution in [1.82, 2.24) is 9.88 Å². The molecule has 1 N–H and O–H groups in total. The van der Waals surface area contributed by atoms with Gasteiger partial charge >= 0.3 is 6.09 Å². The number of ether oxygens (including phenoxy) is 2. The maximum absolute atomic E-state index is 12.7. The smallest absolute Gasteiger partial charge is 0.410 e. The number of hydrogen-bond acceptors (Lipinski definition) is 6. The van der Waals surface area contributed by atoms with Crippen molar-refractivity contribution in [3.05, 3.63) is 16.7 Å². The van der Waals surface area contributed by atoms with Crippen LogP contribution in [0, 0.1) is 0 Å². The molecule has 8 nitrogen and oxygen atoms in total. The molecule has 0 atom stereocenters. The second kappa shape index (κ2) is 9.49. The van der Waals surface area contributed by atoms with Crippen LogP contribution in [0.3, 0.4) is 0 Å². The van der Waals surface area contributed by atoms with E-state index in [0.29, 0.717) is 4.47 Å². The predicted molar refractivity (Wildman–Crippen MR) is 99.7 cm³/mol. The van der Waals surface area contributed by atoms with E-state index in [2.05, 4.69) is 25.6 Å². The molecule has 12 heteroatoms. The van der Waals surface area contributed by atoms with Crippen molar-refractivity contribution in [2.45, 2.75) is 32.8 Å². The number of nitrogens with zero attached hydrogens (tertiary/aromatic N) is 2. The Morgan fingerprint density at radius 2 is 2.04 bits per heavy atom. The molecule has 0 saturated carbocycles. The van der Waals surface area contributed by atoms with Gasteiger partial charge in [-0.25, -0.2) is 27.0 Å². The molecule has 1 rings (SSSR count). The second-order valence-electron chi connectivity index (χ2n) is 6.55. The molecule has 1 aromatic heterocycles. The average Bonchev–Trinajstić information content (AvgIpc) is 2.44. The molecule has 0 bridgehead atoms. The summed E-state index contributed by atoms with van der Waals surface area (Å²) in [5.41, 5.74) is -0.762. The first-order chi connectivity index (χ1) is 12.3. The Morgan fingerprint density at radius 3 is 2.56 bits per heavy atom. The Bertz CT molecular complexity index is 756. The average molecular weight is 474 g/mol. The number of hydrogen-bond donors (Lipinski definition) is 1. The fourth-order valence-corrected chi connectivity index (χ4v) is 2.69. The minimum absolute atomic E-state index is 0.0511. The Hall–Kier alpha value is -1.69. The molecule has 0 radical (unpaired) electrons. The fourth-order valence-electron chi connectivity index (χ4n) is 1.82. The number of halogens is 3. The number of nitrogens with one attached hydrogen (secondary N) is 1. The first-order valence-electron chi connectivity index (χ1n) is 7.79. The molecular weight excluding hydrogens is 452 g/mol. The summed E-state index contributed by atoms with van der Waals surface area (Å²) in [5, 5.41) is 0. The van der Waals surface area contributed by atoms with Crippen LogP contribution >= 0.6 is 15.9 Å². The summed E-state index contributed by atoms with van der Waals surface area (Å²) in [7, 11) is -3.58. The van der Waals surface area contributed by atoms with Gasteiger partial charge in [0.05, 0.1) is 19.3 Å². The van der Waals surface area contributed by atoms with Gasteiger partial charge in [0.1, 0.15) is 17.9 Å². The Kier molecular flexibility index (Phi) is 8.21. The van der Waals surface area contributed by atoms with Crippen LogP contribution in [0.1, 0.15) is 20.8 Å². The van der Waals surface area contributed by atoms with Gasteiger partial charge in [-0.1, -0.05) is 0 Å².